The number of hydrogen-bond acceptors (Lipinski definition) is 7. The summed E-state index contributed by atoms with van der Waals surface area (Å²) in [5, 5.41) is 11.2. The van der Waals surface area contributed by atoms with Crippen LogP contribution in [0, 0.1) is 10.1 Å². The first-order chi connectivity index (χ1) is 16.1. The predicted octanol–water partition coefficient (Wildman–Crippen LogP) is 3.71. The molecule has 0 saturated heterocycles. The SMILES string of the molecule is CCCCN(CC)S(=O)(=O)c1ccc(C(=O)N=c2sc3cc([N+](=O)[O-])cc(OC)c3n2C)cc1. The highest BCUT2D eigenvalue weighted by atomic mass is 32.2. The summed E-state index contributed by atoms with van der Waals surface area (Å²) in [5.41, 5.74) is 0.685. The van der Waals surface area contributed by atoms with Crippen molar-refractivity contribution < 1.29 is 22.9 Å². The van der Waals surface area contributed by atoms with Crippen LogP contribution in [-0.2, 0) is 17.1 Å². The van der Waals surface area contributed by atoms with Gasteiger partial charge in [0.1, 0.15) is 5.52 Å². The van der Waals surface area contributed by atoms with Crippen LogP contribution in [0.15, 0.2) is 46.3 Å². The molecule has 0 radical (unpaired) electrons. The summed E-state index contributed by atoms with van der Waals surface area (Å²) < 4.78 is 34.6. The number of non-ortho nitro benzene ring substituents is 1. The van der Waals surface area contributed by atoms with Crippen LogP contribution in [0.1, 0.15) is 37.0 Å². The van der Waals surface area contributed by atoms with E-state index in [1.807, 2.05) is 6.92 Å². The van der Waals surface area contributed by atoms with E-state index in [-0.39, 0.29) is 16.1 Å². The number of amides is 1. The minimum absolute atomic E-state index is 0.117. The van der Waals surface area contributed by atoms with Crippen LogP contribution < -0.4 is 9.54 Å². The first kappa shape index (κ1) is 25.5. The van der Waals surface area contributed by atoms with Crippen molar-refractivity contribution in [3.05, 3.63) is 56.9 Å². The summed E-state index contributed by atoms with van der Waals surface area (Å²) in [6, 6.07) is 8.41. The monoisotopic (exact) mass is 506 g/mol. The number of nitro benzene ring substituents is 1. The van der Waals surface area contributed by atoms with Gasteiger partial charge in [-0.3, -0.25) is 14.9 Å². The topological polar surface area (TPSA) is 124 Å². The van der Waals surface area contributed by atoms with Gasteiger partial charge in [0.2, 0.25) is 10.0 Å². The second kappa shape index (κ2) is 10.5. The van der Waals surface area contributed by atoms with Crippen LogP contribution in [0.2, 0.25) is 0 Å². The zero-order chi connectivity index (χ0) is 25.0. The fourth-order valence-electron chi connectivity index (χ4n) is 3.45. The van der Waals surface area contributed by atoms with Gasteiger partial charge in [-0.2, -0.15) is 9.30 Å². The van der Waals surface area contributed by atoms with Gasteiger partial charge in [-0.15, -0.1) is 0 Å². The first-order valence-corrected chi connectivity index (χ1v) is 12.9. The molecular weight excluding hydrogens is 480 g/mol. The number of rotatable bonds is 9. The van der Waals surface area contributed by atoms with Gasteiger partial charge in [0.05, 0.1) is 27.7 Å². The average Bonchev–Trinajstić information content (AvgIpc) is 3.13. The van der Waals surface area contributed by atoms with Crippen molar-refractivity contribution in [2.75, 3.05) is 20.2 Å². The number of aryl methyl sites for hydroxylation is 1. The highest BCUT2D eigenvalue weighted by Gasteiger charge is 2.23. The highest BCUT2D eigenvalue weighted by molar-refractivity contribution is 7.89. The molecule has 1 heterocycles. The van der Waals surface area contributed by atoms with Gasteiger partial charge in [0.15, 0.2) is 10.6 Å². The minimum Gasteiger partial charge on any atom is -0.494 e. The van der Waals surface area contributed by atoms with E-state index in [1.54, 1.807) is 18.5 Å². The van der Waals surface area contributed by atoms with Gasteiger partial charge in [-0.1, -0.05) is 31.6 Å². The molecule has 3 rings (SSSR count). The highest BCUT2D eigenvalue weighted by Crippen LogP contribution is 2.32. The number of carbonyl (C=O) groups excluding carboxylic acids is 1. The Morgan fingerprint density at radius 1 is 1.24 bits per heavy atom. The number of sulfonamides is 1. The quantitative estimate of drug-likeness (QED) is 0.322. The second-order valence-corrected chi connectivity index (χ2v) is 10.4. The molecule has 0 unspecified atom stereocenters. The average molecular weight is 507 g/mol. The maximum absolute atomic E-state index is 12.9. The zero-order valence-corrected chi connectivity index (χ0v) is 21.0. The number of benzene rings is 2. The number of hydrogen-bond donors (Lipinski definition) is 0. The van der Waals surface area contributed by atoms with E-state index < -0.39 is 20.9 Å². The Labute approximate surface area is 201 Å². The van der Waals surface area contributed by atoms with Gasteiger partial charge >= 0.3 is 0 Å². The molecule has 182 valence electrons. The normalized spacial score (nSPS) is 12.4. The summed E-state index contributed by atoms with van der Waals surface area (Å²) in [6.07, 6.45) is 1.65. The molecule has 10 nitrogen and oxygen atoms in total. The molecule has 0 aliphatic heterocycles. The number of unbranched alkanes of at least 4 members (excludes halogenated alkanes) is 1. The number of nitro groups is 1. The van der Waals surface area contributed by atoms with E-state index in [0.717, 1.165) is 24.2 Å². The Kier molecular flexibility index (Phi) is 7.85. The molecule has 34 heavy (non-hydrogen) atoms. The molecule has 0 aliphatic carbocycles. The summed E-state index contributed by atoms with van der Waals surface area (Å²) in [6.45, 7) is 4.59. The maximum atomic E-state index is 12.9. The lowest BCUT2D eigenvalue weighted by Crippen LogP contribution is -2.31. The van der Waals surface area contributed by atoms with Crippen molar-refractivity contribution in [3.63, 3.8) is 0 Å². The summed E-state index contributed by atoms with van der Waals surface area (Å²) in [5.74, 6) is -0.257. The second-order valence-electron chi connectivity index (χ2n) is 7.49. The molecule has 1 amide bonds. The largest absolute Gasteiger partial charge is 0.494 e. The molecule has 2 aromatic carbocycles. The fourth-order valence-corrected chi connectivity index (χ4v) is 6.01. The Balaban J connectivity index is 1.96. The van der Waals surface area contributed by atoms with Crippen LogP contribution in [-0.4, -0.2) is 48.3 Å². The Morgan fingerprint density at radius 2 is 1.91 bits per heavy atom. The van der Waals surface area contributed by atoms with Crippen LogP contribution in [0.5, 0.6) is 5.75 Å². The van der Waals surface area contributed by atoms with Crippen molar-refractivity contribution in [1.82, 2.24) is 8.87 Å². The molecule has 1 aromatic heterocycles. The van der Waals surface area contributed by atoms with Crippen LogP contribution >= 0.6 is 11.3 Å². The Hall–Kier alpha value is -3.09. The summed E-state index contributed by atoms with van der Waals surface area (Å²) >= 11 is 1.12. The molecular formula is C22H26N4O6S2. The third-order valence-corrected chi connectivity index (χ3v) is 8.40. The van der Waals surface area contributed by atoms with E-state index in [1.165, 1.54) is 47.8 Å². The van der Waals surface area contributed by atoms with E-state index in [2.05, 4.69) is 4.99 Å². The smallest absolute Gasteiger partial charge is 0.279 e. The Morgan fingerprint density at radius 3 is 2.47 bits per heavy atom. The van der Waals surface area contributed by atoms with Crippen molar-refractivity contribution in [2.24, 2.45) is 12.0 Å². The van der Waals surface area contributed by atoms with Gasteiger partial charge in [-0.05, 0) is 30.7 Å². The molecule has 0 bridgehead atoms. The predicted molar refractivity (Wildman–Crippen MR) is 130 cm³/mol. The van der Waals surface area contributed by atoms with E-state index in [4.69, 9.17) is 4.74 Å². The van der Waals surface area contributed by atoms with E-state index in [9.17, 15) is 23.3 Å². The van der Waals surface area contributed by atoms with Gasteiger partial charge in [-0.25, -0.2) is 8.42 Å². The lowest BCUT2D eigenvalue weighted by Gasteiger charge is -2.20. The fraction of sp³-hybridized carbons (Fsp3) is 0.364. The first-order valence-electron chi connectivity index (χ1n) is 10.6. The summed E-state index contributed by atoms with van der Waals surface area (Å²) in [4.78, 5) is 28.1. The molecule has 0 N–H and O–H groups in total. The van der Waals surface area contributed by atoms with Crippen molar-refractivity contribution in [2.45, 2.75) is 31.6 Å². The standard InChI is InChI=1S/C22H26N4O6S2/c1-5-7-12-25(6-2)34(30,31)17-10-8-15(9-11-17)21(27)23-22-24(3)20-18(32-4)13-16(26(28)29)14-19(20)33-22/h8-11,13-14H,5-7,12H2,1-4H3. The maximum Gasteiger partial charge on any atom is 0.279 e. The van der Waals surface area contributed by atoms with E-state index in [0.29, 0.717) is 33.9 Å². The molecule has 0 saturated carbocycles. The molecule has 0 atom stereocenters. The van der Waals surface area contributed by atoms with Crippen molar-refractivity contribution >= 4 is 43.2 Å². The number of nitrogens with zero attached hydrogens (tertiary/aromatic N) is 4. The van der Waals surface area contributed by atoms with Gasteiger partial charge in [0, 0.05) is 31.8 Å². The van der Waals surface area contributed by atoms with Crippen LogP contribution in [0.25, 0.3) is 10.2 Å². The van der Waals surface area contributed by atoms with Crippen LogP contribution in [0.3, 0.4) is 0 Å². The van der Waals surface area contributed by atoms with Crippen molar-refractivity contribution in [3.8, 4) is 5.75 Å². The lowest BCUT2D eigenvalue weighted by atomic mass is 10.2. The third-order valence-electron chi connectivity index (χ3n) is 5.33. The van der Waals surface area contributed by atoms with E-state index >= 15 is 0 Å². The number of methoxy groups -OCH3 is 1. The lowest BCUT2D eigenvalue weighted by molar-refractivity contribution is -0.384. The number of fused-ring (bicyclic) bond motifs is 1. The van der Waals surface area contributed by atoms with Gasteiger partial charge in [0.25, 0.3) is 11.6 Å². The Bertz CT molecular complexity index is 1390. The number of carbonyl (C=O) groups is 1. The molecule has 0 aliphatic rings. The summed E-state index contributed by atoms with van der Waals surface area (Å²) in [7, 11) is -0.550. The number of thiazole rings is 1. The molecule has 0 fully saturated rings. The number of ether oxygens (including phenoxy) is 1. The molecule has 0 spiro atoms. The minimum atomic E-state index is -3.65. The van der Waals surface area contributed by atoms with Crippen molar-refractivity contribution in [1.29, 1.82) is 0 Å². The molecule has 12 heteroatoms. The van der Waals surface area contributed by atoms with Crippen LogP contribution in [0.4, 0.5) is 5.69 Å². The van der Waals surface area contributed by atoms with Gasteiger partial charge < -0.3 is 9.30 Å². The third kappa shape index (κ3) is 5.03. The molecule has 3 aromatic rings. The zero-order valence-electron chi connectivity index (χ0n) is 19.3. The number of aromatic nitrogens is 1.